The Kier molecular flexibility index (Phi) is 4.88. The molecular weight excluding hydrogens is 457 g/mol. The maximum Gasteiger partial charge on any atom is 0.407 e. The van der Waals surface area contributed by atoms with Crippen LogP contribution in [-0.2, 0) is 0 Å². The summed E-state index contributed by atoms with van der Waals surface area (Å²) in [6.07, 6.45) is 1.79. The van der Waals surface area contributed by atoms with E-state index in [1.54, 1.807) is 6.20 Å². The fourth-order valence-electron chi connectivity index (χ4n) is 2.94. The van der Waals surface area contributed by atoms with E-state index in [-0.39, 0.29) is 6.54 Å². The predicted molar refractivity (Wildman–Crippen MR) is 104 cm³/mol. The normalized spacial score (nSPS) is 17.9. The fourth-order valence-corrected chi connectivity index (χ4v) is 4.51. The van der Waals surface area contributed by atoms with E-state index in [1.165, 1.54) is 16.2 Å². The summed E-state index contributed by atoms with van der Waals surface area (Å²) < 4.78 is 2.78. The summed E-state index contributed by atoms with van der Waals surface area (Å²) >= 11 is 3.72. The van der Waals surface area contributed by atoms with Crippen molar-refractivity contribution in [3.63, 3.8) is 0 Å². The highest BCUT2D eigenvalue weighted by molar-refractivity contribution is 14.1. The van der Waals surface area contributed by atoms with Crippen molar-refractivity contribution in [2.75, 3.05) is 24.5 Å². The highest BCUT2D eigenvalue weighted by Gasteiger charge is 2.39. The summed E-state index contributed by atoms with van der Waals surface area (Å²) in [5, 5.41) is 25.8. The van der Waals surface area contributed by atoms with Crippen molar-refractivity contribution in [2.24, 2.45) is 0 Å². The second kappa shape index (κ2) is 6.54. The minimum Gasteiger partial charge on any atom is -0.465 e. The van der Waals surface area contributed by atoms with Crippen LogP contribution in [0.5, 0.6) is 0 Å². The van der Waals surface area contributed by atoms with Crippen molar-refractivity contribution in [1.29, 1.82) is 0 Å². The zero-order chi connectivity index (χ0) is 18.4. The van der Waals surface area contributed by atoms with Gasteiger partial charge in [-0.25, -0.2) is 9.78 Å². The van der Waals surface area contributed by atoms with E-state index in [9.17, 15) is 15.0 Å². The Morgan fingerprint density at radius 1 is 1.44 bits per heavy atom. The van der Waals surface area contributed by atoms with Crippen LogP contribution in [0.15, 0.2) is 6.20 Å². The molecule has 0 spiro atoms. The zero-order valence-corrected chi connectivity index (χ0v) is 17.4. The number of halogens is 1. The molecule has 0 unspecified atom stereocenters. The molecule has 10 heteroatoms. The minimum atomic E-state index is -1.01. The van der Waals surface area contributed by atoms with Crippen LogP contribution in [0, 0.1) is 3.70 Å². The molecule has 1 aliphatic rings. The van der Waals surface area contributed by atoms with Gasteiger partial charge in [-0.15, -0.1) is 5.10 Å². The maximum absolute atomic E-state index is 11.5. The number of nitrogens with zero attached hydrogens (tertiary/aromatic N) is 5. The number of aliphatic hydroxyl groups is 1. The van der Waals surface area contributed by atoms with Gasteiger partial charge in [-0.3, -0.25) is 0 Å². The van der Waals surface area contributed by atoms with Crippen LogP contribution in [0.1, 0.15) is 33.6 Å². The first-order valence-electron chi connectivity index (χ1n) is 8.07. The third kappa shape index (κ3) is 3.85. The third-order valence-corrected chi connectivity index (χ3v) is 6.21. The van der Waals surface area contributed by atoms with E-state index in [0.29, 0.717) is 25.9 Å². The number of imidazole rings is 1. The minimum absolute atomic E-state index is 0.124. The Morgan fingerprint density at radius 3 is 2.60 bits per heavy atom. The van der Waals surface area contributed by atoms with Crippen molar-refractivity contribution < 1.29 is 15.0 Å². The van der Waals surface area contributed by atoms with Crippen molar-refractivity contribution in [3.8, 4) is 0 Å². The highest BCUT2D eigenvalue weighted by atomic mass is 127. The lowest BCUT2D eigenvalue weighted by molar-refractivity contribution is -0.0312. The van der Waals surface area contributed by atoms with Crippen LogP contribution >= 0.6 is 33.9 Å². The number of fused-ring (bicyclic) bond motifs is 1. The number of hydrogen-bond acceptors (Lipinski definition) is 6. The lowest BCUT2D eigenvalue weighted by atomic mass is 9.89. The molecule has 3 rings (SSSR count). The predicted octanol–water partition coefficient (Wildman–Crippen LogP) is 2.51. The average Bonchev–Trinajstić information content (AvgIpc) is 3.07. The van der Waals surface area contributed by atoms with Gasteiger partial charge in [0.25, 0.3) is 0 Å². The van der Waals surface area contributed by atoms with Gasteiger partial charge < -0.3 is 20.0 Å². The molecule has 138 valence electrons. The van der Waals surface area contributed by atoms with E-state index in [0.717, 1.165) is 13.8 Å². The van der Waals surface area contributed by atoms with Crippen LogP contribution in [0.4, 0.5) is 9.93 Å². The number of β-amino-alcohol motifs (C(OH)–C–C–N with tert-alkyl or cyclic N) is 1. The Morgan fingerprint density at radius 2 is 2.08 bits per heavy atom. The molecule has 0 saturated carbocycles. The molecule has 0 bridgehead atoms. The molecule has 0 aromatic carbocycles. The van der Waals surface area contributed by atoms with E-state index >= 15 is 0 Å². The van der Waals surface area contributed by atoms with E-state index in [1.807, 2.05) is 25.3 Å². The average molecular weight is 479 g/mol. The second-order valence-corrected chi connectivity index (χ2v) is 9.45. The highest BCUT2D eigenvalue weighted by Crippen LogP contribution is 2.31. The Bertz CT molecular complexity index is 776. The number of hydrogen-bond donors (Lipinski definition) is 2. The van der Waals surface area contributed by atoms with Crippen molar-refractivity contribution >= 4 is 50.1 Å². The van der Waals surface area contributed by atoms with Crippen molar-refractivity contribution in [1.82, 2.24) is 19.5 Å². The fraction of sp³-hybridized carbons (Fsp3) is 0.667. The number of aromatic nitrogens is 3. The van der Waals surface area contributed by atoms with Crippen molar-refractivity contribution in [3.05, 3.63) is 9.90 Å². The zero-order valence-electron chi connectivity index (χ0n) is 14.4. The largest absolute Gasteiger partial charge is 0.465 e. The summed E-state index contributed by atoms with van der Waals surface area (Å²) in [7, 11) is 0. The van der Waals surface area contributed by atoms with E-state index < -0.39 is 17.2 Å². The molecule has 2 N–H and O–H groups in total. The van der Waals surface area contributed by atoms with Crippen molar-refractivity contribution in [2.45, 2.75) is 44.8 Å². The van der Waals surface area contributed by atoms with Crippen LogP contribution in [0.3, 0.4) is 0 Å². The van der Waals surface area contributed by atoms with Gasteiger partial charge in [-0.2, -0.15) is 4.52 Å². The Labute approximate surface area is 163 Å². The quantitative estimate of drug-likeness (QED) is 0.658. The number of piperidine rings is 1. The van der Waals surface area contributed by atoms with Crippen LogP contribution in [0.25, 0.3) is 4.96 Å². The lowest BCUT2D eigenvalue weighted by Gasteiger charge is -2.43. The summed E-state index contributed by atoms with van der Waals surface area (Å²) in [5.74, 6) is 0. The standard InChI is InChI=1S/C15H22IN5O3S/c1-14(2,3)20(13(22)23)9-15(24)4-6-19(7-5-15)12-18-21-10(16)8-17-11(21)25-12/h8,24H,4-7,9H2,1-3H3,(H,22,23). The van der Waals surface area contributed by atoms with Gasteiger partial charge >= 0.3 is 6.09 Å². The van der Waals surface area contributed by atoms with Gasteiger partial charge in [0.1, 0.15) is 3.70 Å². The molecule has 2 aromatic heterocycles. The molecule has 3 heterocycles. The number of anilines is 1. The summed E-state index contributed by atoms with van der Waals surface area (Å²) in [6.45, 7) is 6.92. The second-order valence-electron chi connectivity index (χ2n) is 7.41. The molecule has 0 atom stereocenters. The molecule has 25 heavy (non-hydrogen) atoms. The Balaban J connectivity index is 1.68. The number of carboxylic acid groups (broad SMARTS) is 1. The number of rotatable bonds is 3. The van der Waals surface area contributed by atoms with Crippen LogP contribution in [0.2, 0.25) is 0 Å². The molecule has 0 radical (unpaired) electrons. The van der Waals surface area contributed by atoms with Gasteiger partial charge in [-0.1, -0.05) is 11.3 Å². The molecule has 2 aromatic rings. The molecule has 1 amide bonds. The molecule has 8 nitrogen and oxygen atoms in total. The third-order valence-electron chi connectivity index (χ3n) is 4.49. The van der Waals surface area contributed by atoms with Gasteiger partial charge in [0.15, 0.2) is 0 Å². The first-order valence-corrected chi connectivity index (χ1v) is 9.97. The smallest absolute Gasteiger partial charge is 0.407 e. The molecule has 1 fully saturated rings. The maximum atomic E-state index is 11.5. The van der Waals surface area contributed by atoms with Gasteiger partial charge in [0.05, 0.1) is 18.3 Å². The van der Waals surface area contributed by atoms with Crippen LogP contribution < -0.4 is 4.90 Å². The summed E-state index contributed by atoms with van der Waals surface area (Å²) in [6, 6.07) is 0. The lowest BCUT2D eigenvalue weighted by Crippen LogP contribution is -2.56. The summed E-state index contributed by atoms with van der Waals surface area (Å²) in [4.78, 5) is 20.2. The number of carbonyl (C=O) groups is 1. The molecule has 1 aliphatic heterocycles. The van der Waals surface area contributed by atoms with Gasteiger partial charge in [-0.05, 0) is 56.2 Å². The number of amides is 1. The van der Waals surface area contributed by atoms with Crippen LogP contribution in [-0.4, -0.2) is 66.6 Å². The van der Waals surface area contributed by atoms with E-state index in [4.69, 9.17) is 0 Å². The monoisotopic (exact) mass is 479 g/mol. The summed E-state index contributed by atoms with van der Waals surface area (Å²) in [5.41, 5.74) is -1.55. The first kappa shape index (κ1) is 18.6. The first-order chi connectivity index (χ1) is 11.6. The molecule has 0 aliphatic carbocycles. The SMILES string of the molecule is CC(C)(C)N(CC1(O)CCN(c2nn3c(I)cnc3s2)CC1)C(=O)O. The molecule has 1 saturated heterocycles. The topological polar surface area (TPSA) is 94.2 Å². The van der Waals surface area contributed by atoms with Gasteiger partial charge in [0.2, 0.25) is 10.1 Å². The van der Waals surface area contributed by atoms with Gasteiger partial charge in [0, 0.05) is 18.6 Å². The Hall–Kier alpha value is -1.14. The van der Waals surface area contributed by atoms with E-state index in [2.05, 4.69) is 37.6 Å². The molecular formula is C15H22IN5O3S.